The quantitative estimate of drug-likeness (QED) is 0.649. The molecule has 0 atom stereocenters. The van der Waals surface area contributed by atoms with E-state index in [4.69, 9.17) is 11.6 Å². The van der Waals surface area contributed by atoms with Crippen molar-refractivity contribution in [1.29, 1.82) is 0 Å². The Hall–Kier alpha value is -2.49. The number of rotatable bonds is 6. The van der Waals surface area contributed by atoms with Crippen LogP contribution in [-0.4, -0.2) is 49.2 Å². The summed E-state index contributed by atoms with van der Waals surface area (Å²) in [5.41, 5.74) is 0.725. The maximum atomic E-state index is 12.6. The maximum absolute atomic E-state index is 12.6. The fourth-order valence-electron chi connectivity index (χ4n) is 3.22. The second kappa shape index (κ2) is 10.0. The van der Waals surface area contributed by atoms with E-state index in [2.05, 4.69) is 15.6 Å². The van der Waals surface area contributed by atoms with Crippen LogP contribution in [0.5, 0.6) is 0 Å². The lowest BCUT2D eigenvalue weighted by molar-refractivity contribution is -0.139. The second-order valence-corrected chi connectivity index (χ2v) is 9.37. The fraction of sp³-hybridized carbons (Fsp3) is 0.350. The van der Waals surface area contributed by atoms with E-state index in [1.807, 2.05) is 0 Å². The van der Waals surface area contributed by atoms with Crippen molar-refractivity contribution in [3.05, 3.63) is 59.4 Å². The summed E-state index contributed by atoms with van der Waals surface area (Å²) in [7, 11) is -3.56. The van der Waals surface area contributed by atoms with E-state index in [1.54, 1.807) is 30.3 Å². The van der Waals surface area contributed by atoms with Crippen molar-refractivity contribution in [3.63, 3.8) is 0 Å². The third-order valence-corrected chi connectivity index (χ3v) is 7.25. The number of halogens is 1. The highest BCUT2D eigenvalue weighted by molar-refractivity contribution is 7.89. The molecule has 1 aliphatic heterocycles. The Balaban J connectivity index is 1.42. The number of nitrogens with zero attached hydrogens (tertiary/aromatic N) is 2. The van der Waals surface area contributed by atoms with Gasteiger partial charge < -0.3 is 10.6 Å². The lowest BCUT2D eigenvalue weighted by Gasteiger charge is -2.31. The van der Waals surface area contributed by atoms with E-state index in [0.29, 0.717) is 37.5 Å². The van der Waals surface area contributed by atoms with Gasteiger partial charge in [0.2, 0.25) is 10.0 Å². The van der Waals surface area contributed by atoms with E-state index < -0.39 is 21.8 Å². The summed E-state index contributed by atoms with van der Waals surface area (Å²) in [5.74, 6) is -1.34. The summed E-state index contributed by atoms with van der Waals surface area (Å²) < 4.78 is 26.7. The molecule has 160 valence electrons. The Bertz CT molecular complexity index is 993. The van der Waals surface area contributed by atoms with Crippen molar-refractivity contribution in [2.75, 3.05) is 19.6 Å². The van der Waals surface area contributed by atoms with Crippen LogP contribution in [0, 0.1) is 5.92 Å². The molecule has 1 fully saturated rings. The molecule has 2 amide bonds. The van der Waals surface area contributed by atoms with E-state index in [1.165, 1.54) is 22.8 Å². The van der Waals surface area contributed by atoms with Crippen LogP contribution in [0.2, 0.25) is 5.02 Å². The summed E-state index contributed by atoms with van der Waals surface area (Å²) >= 11 is 6.03. The number of hydrogen-bond acceptors (Lipinski definition) is 5. The average molecular weight is 451 g/mol. The summed E-state index contributed by atoms with van der Waals surface area (Å²) in [4.78, 5) is 28.1. The van der Waals surface area contributed by atoms with E-state index in [0.717, 1.165) is 5.56 Å². The molecule has 0 aliphatic carbocycles. The topological polar surface area (TPSA) is 108 Å². The molecule has 30 heavy (non-hydrogen) atoms. The first-order valence-corrected chi connectivity index (χ1v) is 11.4. The molecule has 1 saturated heterocycles. The molecule has 0 spiro atoms. The molecule has 2 heterocycles. The van der Waals surface area contributed by atoms with Gasteiger partial charge in [-0.15, -0.1) is 0 Å². The van der Waals surface area contributed by atoms with Gasteiger partial charge in [-0.05, 0) is 42.5 Å². The van der Waals surface area contributed by atoms with Gasteiger partial charge >= 0.3 is 11.8 Å². The lowest BCUT2D eigenvalue weighted by atomic mass is 9.98. The third-order valence-electron chi connectivity index (χ3n) is 5.00. The van der Waals surface area contributed by atoms with Crippen LogP contribution in [0.4, 0.5) is 0 Å². The Morgan fingerprint density at radius 3 is 2.43 bits per heavy atom. The zero-order valence-corrected chi connectivity index (χ0v) is 17.8. The molecule has 8 nitrogen and oxygen atoms in total. The van der Waals surface area contributed by atoms with E-state index >= 15 is 0 Å². The van der Waals surface area contributed by atoms with Crippen LogP contribution in [-0.2, 0) is 26.2 Å². The SMILES string of the molecule is O=C(NCc1ccccc1Cl)C(=O)NCC1CCN(S(=O)(=O)c2cccnc2)CC1. The largest absolute Gasteiger partial charge is 0.348 e. The maximum Gasteiger partial charge on any atom is 0.309 e. The van der Waals surface area contributed by atoms with Crippen molar-refractivity contribution < 1.29 is 18.0 Å². The van der Waals surface area contributed by atoms with Crippen LogP contribution in [0.3, 0.4) is 0 Å². The van der Waals surface area contributed by atoms with Gasteiger partial charge in [-0.2, -0.15) is 4.31 Å². The van der Waals surface area contributed by atoms with Crippen molar-refractivity contribution >= 4 is 33.4 Å². The zero-order chi connectivity index (χ0) is 21.6. The number of amides is 2. The Morgan fingerprint density at radius 2 is 1.77 bits per heavy atom. The summed E-state index contributed by atoms with van der Waals surface area (Å²) in [6, 6.07) is 10.2. The number of nitrogens with one attached hydrogen (secondary N) is 2. The molecular weight excluding hydrogens is 428 g/mol. The van der Waals surface area contributed by atoms with Crippen LogP contribution in [0.25, 0.3) is 0 Å². The monoisotopic (exact) mass is 450 g/mol. The number of carbonyl (C=O) groups excluding carboxylic acids is 2. The van der Waals surface area contributed by atoms with Crippen molar-refractivity contribution in [3.8, 4) is 0 Å². The van der Waals surface area contributed by atoms with Gasteiger partial charge in [0.05, 0.1) is 0 Å². The Kier molecular flexibility index (Phi) is 7.41. The highest BCUT2D eigenvalue weighted by atomic mass is 35.5. The van der Waals surface area contributed by atoms with Gasteiger partial charge in [0.1, 0.15) is 4.90 Å². The van der Waals surface area contributed by atoms with Crippen LogP contribution >= 0.6 is 11.6 Å². The standard InChI is InChI=1S/C20H23ClN4O4S/c21-18-6-2-1-4-16(18)13-24-20(27)19(26)23-12-15-7-10-25(11-8-15)30(28,29)17-5-3-9-22-14-17/h1-6,9,14-15H,7-8,10-13H2,(H,23,26)(H,24,27). The smallest absolute Gasteiger partial charge is 0.309 e. The number of hydrogen-bond donors (Lipinski definition) is 2. The molecule has 0 saturated carbocycles. The van der Waals surface area contributed by atoms with Crippen LogP contribution < -0.4 is 10.6 Å². The highest BCUT2D eigenvalue weighted by Gasteiger charge is 2.29. The number of carbonyl (C=O) groups is 2. The van der Waals surface area contributed by atoms with E-state index in [9.17, 15) is 18.0 Å². The molecule has 3 rings (SSSR count). The number of piperidine rings is 1. The molecule has 1 aromatic heterocycles. The summed E-state index contributed by atoms with van der Waals surface area (Å²) in [6.45, 7) is 1.20. The van der Waals surface area contributed by atoms with Crippen molar-refractivity contribution in [2.24, 2.45) is 5.92 Å². The Labute approximate surface area is 180 Å². The zero-order valence-electron chi connectivity index (χ0n) is 16.3. The molecule has 2 N–H and O–H groups in total. The minimum atomic E-state index is -3.56. The minimum Gasteiger partial charge on any atom is -0.348 e. The van der Waals surface area contributed by atoms with Gasteiger partial charge in [-0.25, -0.2) is 8.42 Å². The second-order valence-electron chi connectivity index (χ2n) is 7.02. The van der Waals surface area contributed by atoms with Crippen LogP contribution in [0.1, 0.15) is 18.4 Å². The van der Waals surface area contributed by atoms with Crippen LogP contribution in [0.15, 0.2) is 53.7 Å². The minimum absolute atomic E-state index is 0.102. The normalized spacial score (nSPS) is 15.5. The van der Waals surface area contributed by atoms with Crippen molar-refractivity contribution in [1.82, 2.24) is 19.9 Å². The third kappa shape index (κ3) is 5.56. The molecular formula is C20H23ClN4O4S. The molecule has 1 aliphatic rings. The summed E-state index contributed by atoms with van der Waals surface area (Å²) in [5, 5.41) is 5.69. The highest BCUT2D eigenvalue weighted by Crippen LogP contribution is 2.23. The molecule has 2 aromatic rings. The molecule has 0 radical (unpaired) electrons. The Morgan fingerprint density at radius 1 is 1.07 bits per heavy atom. The first kappa shape index (κ1) is 22.2. The van der Waals surface area contributed by atoms with Gasteiger partial charge in [-0.3, -0.25) is 14.6 Å². The van der Waals surface area contributed by atoms with Gasteiger partial charge in [0, 0.05) is 43.6 Å². The predicted octanol–water partition coefficient (Wildman–Crippen LogP) is 1.57. The molecule has 0 bridgehead atoms. The number of benzene rings is 1. The number of sulfonamides is 1. The van der Waals surface area contributed by atoms with E-state index in [-0.39, 0.29) is 17.4 Å². The van der Waals surface area contributed by atoms with Gasteiger partial charge in [0.15, 0.2) is 0 Å². The predicted molar refractivity (Wildman–Crippen MR) is 112 cm³/mol. The lowest BCUT2D eigenvalue weighted by Crippen LogP contribution is -2.44. The number of pyridine rings is 1. The average Bonchev–Trinajstić information content (AvgIpc) is 2.77. The van der Waals surface area contributed by atoms with Crippen molar-refractivity contribution in [2.45, 2.75) is 24.3 Å². The fourth-order valence-corrected chi connectivity index (χ4v) is 4.85. The first-order valence-electron chi connectivity index (χ1n) is 9.57. The van der Waals surface area contributed by atoms with Gasteiger partial charge in [-0.1, -0.05) is 29.8 Å². The van der Waals surface area contributed by atoms with Gasteiger partial charge in [0.25, 0.3) is 0 Å². The first-order chi connectivity index (χ1) is 14.4. The molecule has 1 aromatic carbocycles. The molecule has 10 heteroatoms. The summed E-state index contributed by atoms with van der Waals surface area (Å²) in [6.07, 6.45) is 4.06. The molecule has 0 unspecified atom stereocenters. The number of aromatic nitrogens is 1.